The van der Waals surface area contributed by atoms with E-state index in [1.807, 2.05) is 25.1 Å². The minimum absolute atomic E-state index is 0.0375. The van der Waals surface area contributed by atoms with E-state index in [0.717, 1.165) is 5.69 Å². The molecule has 0 spiro atoms. The van der Waals surface area contributed by atoms with Gasteiger partial charge in [-0.25, -0.2) is 0 Å². The maximum Gasteiger partial charge on any atom is 0.308 e. The first kappa shape index (κ1) is 14.6. The highest BCUT2D eigenvalue weighted by Crippen LogP contribution is 2.30. The fraction of sp³-hybridized carbons (Fsp3) is 0.533. The van der Waals surface area contributed by atoms with Crippen LogP contribution in [0.3, 0.4) is 0 Å². The van der Waals surface area contributed by atoms with Gasteiger partial charge in [-0.05, 0) is 30.9 Å². The molecule has 0 aliphatic heterocycles. The Morgan fingerprint density at radius 1 is 1.22 bits per heavy atom. The minimum Gasteiger partial charge on any atom is -0.481 e. The van der Waals surface area contributed by atoms with E-state index in [1.165, 1.54) is 5.56 Å². The Morgan fingerprint density at radius 2 is 1.78 bits per heavy atom. The first-order valence-electron chi connectivity index (χ1n) is 6.32. The van der Waals surface area contributed by atoms with Gasteiger partial charge in [0.1, 0.15) is 0 Å². The summed E-state index contributed by atoms with van der Waals surface area (Å²) in [6.45, 7) is 10.1. The molecule has 3 nitrogen and oxygen atoms in total. The first-order valence-corrected chi connectivity index (χ1v) is 6.32. The number of nitrogens with one attached hydrogen (secondary N) is 1. The van der Waals surface area contributed by atoms with E-state index < -0.39 is 11.9 Å². The highest BCUT2D eigenvalue weighted by Gasteiger charge is 2.22. The molecule has 2 unspecified atom stereocenters. The Balaban J connectivity index is 2.95. The molecule has 0 saturated heterocycles. The van der Waals surface area contributed by atoms with Crippen molar-refractivity contribution >= 4 is 11.7 Å². The van der Waals surface area contributed by atoms with Gasteiger partial charge in [-0.15, -0.1) is 0 Å². The van der Waals surface area contributed by atoms with E-state index in [-0.39, 0.29) is 11.5 Å². The summed E-state index contributed by atoms with van der Waals surface area (Å²) in [5.74, 6) is -1.19. The monoisotopic (exact) mass is 249 g/mol. The molecular weight excluding hydrogens is 226 g/mol. The van der Waals surface area contributed by atoms with Crippen molar-refractivity contribution in [3.63, 3.8) is 0 Å². The van der Waals surface area contributed by atoms with Gasteiger partial charge in [0.2, 0.25) is 0 Å². The van der Waals surface area contributed by atoms with Crippen LogP contribution in [-0.2, 0) is 10.2 Å². The number of hydrogen-bond donors (Lipinski definition) is 2. The molecule has 0 aliphatic rings. The smallest absolute Gasteiger partial charge is 0.308 e. The Kier molecular flexibility index (Phi) is 4.38. The topological polar surface area (TPSA) is 49.3 Å². The summed E-state index contributed by atoms with van der Waals surface area (Å²) < 4.78 is 0. The lowest BCUT2D eigenvalue weighted by Crippen LogP contribution is -2.30. The van der Waals surface area contributed by atoms with Crippen molar-refractivity contribution in [1.82, 2.24) is 0 Å². The van der Waals surface area contributed by atoms with Crippen molar-refractivity contribution in [2.24, 2.45) is 5.92 Å². The van der Waals surface area contributed by atoms with Gasteiger partial charge in [-0.3, -0.25) is 4.79 Å². The zero-order chi connectivity index (χ0) is 13.9. The Morgan fingerprint density at radius 3 is 2.28 bits per heavy atom. The zero-order valence-corrected chi connectivity index (χ0v) is 11.8. The molecule has 0 aromatic heterocycles. The van der Waals surface area contributed by atoms with Crippen molar-refractivity contribution in [3.8, 4) is 0 Å². The van der Waals surface area contributed by atoms with Crippen LogP contribution in [0.25, 0.3) is 0 Å². The molecular formula is C15H23NO2. The number of carbonyl (C=O) groups is 1. The number of benzene rings is 1. The van der Waals surface area contributed by atoms with E-state index in [4.69, 9.17) is 5.11 Å². The Hall–Kier alpha value is -1.51. The predicted octanol–water partition coefficient (Wildman–Crippen LogP) is 3.51. The summed E-state index contributed by atoms with van der Waals surface area (Å²) >= 11 is 0. The number of aliphatic carboxylic acids is 1. The van der Waals surface area contributed by atoms with Gasteiger partial charge in [0, 0.05) is 11.7 Å². The predicted molar refractivity (Wildman–Crippen MR) is 75.0 cm³/mol. The van der Waals surface area contributed by atoms with Gasteiger partial charge in [0.15, 0.2) is 0 Å². The van der Waals surface area contributed by atoms with Crippen LogP contribution in [0, 0.1) is 5.92 Å². The highest BCUT2D eigenvalue weighted by molar-refractivity contribution is 5.71. The van der Waals surface area contributed by atoms with Gasteiger partial charge in [-0.1, -0.05) is 39.0 Å². The lowest BCUT2D eigenvalue weighted by atomic mass is 9.85. The SMILES string of the molecule is CC(Nc1ccccc1C(C)(C)C)C(C)C(=O)O. The molecule has 0 saturated carbocycles. The van der Waals surface area contributed by atoms with Crippen molar-refractivity contribution in [3.05, 3.63) is 29.8 Å². The average molecular weight is 249 g/mol. The second-order valence-electron chi connectivity index (χ2n) is 5.86. The zero-order valence-electron chi connectivity index (χ0n) is 11.8. The summed E-state index contributed by atoms with van der Waals surface area (Å²) in [6, 6.07) is 7.96. The Labute approximate surface area is 109 Å². The van der Waals surface area contributed by atoms with Gasteiger partial charge >= 0.3 is 5.97 Å². The average Bonchev–Trinajstić information content (AvgIpc) is 2.27. The summed E-state index contributed by atoms with van der Waals surface area (Å²) in [4.78, 5) is 11.0. The van der Waals surface area contributed by atoms with Gasteiger partial charge in [-0.2, -0.15) is 0 Å². The van der Waals surface area contributed by atoms with E-state index in [0.29, 0.717) is 0 Å². The maximum atomic E-state index is 11.0. The van der Waals surface area contributed by atoms with E-state index in [9.17, 15) is 4.79 Å². The molecule has 0 amide bonds. The van der Waals surface area contributed by atoms with Crippen molar-refractivity contribution < 1.29 is 9.90 Å². The maximum absolute atomic E-state index is 11.0. The molecule has 0 bridgehead atoms. The molecule has 2 N–H and O–H groups in total. The van der Waals surface area contributed by atoms with Crippen LogP contribution in [0.1, 0.15) is 40.2 Å². The molecule has 1 aromatic carbocycles. The molecule has 0 aliphatic carbocycles. The second kappa shape index (κ2) is 5.42. The summed E-state index contributed by atoms with van der Waals surface area (Å²) in [5.41, 5.74) is 2.26. The highest BCUT2D eigenvalue weighted by atomic mass is 16.4. The molecule has 0 fully saturated rings. The lowest BCUT2D eigenvalue weighted by molar-refractivity contribution is -0.141. The summed E-state index contributed by atoms with van der Waals surface area (Å²) in [6.07, 6.45) is 0. The van der Waals surface area contributed by atoms with Crippen LogP contribution < -0.4 is 5.32 Å². The molecule has 1 rings (SSSR count). The number of anilines is 1. The normalized spacial score (nSPS) is 14.9. The van der Waals surface area contributed by atoms with Crippen LogP contribution >= 0.6 is 0 Å². The van der Waals surface area contributed by atoms with Crippen LogP contribution in [0.4, 0.5) is 5.69 Å². The van der Waals surface area contributed by atoms with Crippen molar-refractivity contribution in [1.29, 1.82) is 0 Å². The van der Waals surface area contributed by atoms with Crippen molar-refractivity contribution in [2.75, 3.05) is 5.32 Å². The number of carboxylic acid groups (broad SMARTS) is 1. The fourth-order valence-electron chi connectivity index (χ4n) is 1.85. The molecule has 3 heteroatoms. The third kappa shape index (κ3) is 3.49. The second-order valence-corrected chi connectivity index (χ2v) is 5.86. The van der Waals surface area contributed by atoms with Gasteiger partial charge in [0.05, 0.1) is 5.92 Å². The quantitative estimate of drug-likeness (QED) is 0.858. The first-order chi connectivity index (χ1) is 8.23. The van der Waals surface area contributed by atoms with Crippen LogP contribution in [0.15, 0.2) is 24.3 Å². The fourth-order valence-corrected chi connectivity index (χ4v) is 1.85. The molecule has 100 valence electrons. The molecule has 0 heterocycles. The molecule has 2 atom stereocenters. The number of hydrogen-bond acceptors (Lipinski definition) is 2. The largest absolute Gasteiger partial charge is 0.481 e. The van der Waals surface area contributed by atoms with E-state index >= 15 is 0 Å². The third-order valence-corrected chi connectivity index (χ3v) is 3.26. The van der Waals surface area contributed by atoms with Crippen LogP contribution in [0.2, 0.25) is 0 Å². The number of carboxylic acids is 1. The van der Waals surface area contributed by atoms with E-state index in [1.54, 1.807) is 6.92 Å². The summed E-state index contributed by atoms with van der Waals surface area (Å²) in [7, 11) is 0. The molecule has 18 heavy (non-hydrogen) atoms. The number of para-hydroxylation sites is 1. The minimum atomic E-state index is -0.775. The standard InChI is InChI=1S/C15H23NO2/c1-10(14(17)18)11(2)16-13-9-7-6-8-12(13)15(3,4)5/h6-11,16H,1-5H3,(H,17,18). The number of rotatable bonds is 4. The lowest BCUT2D eigenvalue weighted by Gasteiger charge is -2.26. The summed E-state index contributed by atoms with van der Waals surface area (Å²) in [5, 5.41) is 12.3. The van der Waals surface area contributed by atoms with Crippen LogP contribution in [0.5, 0.6) is 0 Å². The van der Waals surface area contributed by atoms with Crippen molar-refractivity contribution in [2.45, 2.75) is 46.1 Å². The Bertz CT molecular complexity index is 421. The van der Waals surface area contributed by atoms with Gasteiger partial charge < -0.3 is 10.4 Å². The van der Waals surface area contributed by atoms with E-state index in [2.05, 4.69) is 32.2 Å². The van der Waals surface area contributed by atoms with Crippen LogP contribution in [-0.4, -0.2) is 17.1 Å². The molecule has 0 radical (unpaired) electrons. The molecule has 1 aromatic rings. The third-order valence-electron chi connectivity index (χ3n) is 3.26. The van der Waals surface area contributed by atoms with Gasteiger partial charge in [0.25, 0.3) is 0 Å².